The van der Waals surface area contributed by atoms with Crippen molar-refractivity contribution in [2.75, 3.05) is 11.9 Å². The fourth-order valence-electron chi connectivity index (χ4n) is 3.30. The Bertz CT molecular complexity index is 1090. The Labute approximate surface area is 269 Å². The highest BCUT2D eigenvalue weighted by Crippen LogP contribution is 2.24. The zero-order valence-electron chi connectivity index (χ0n) is 24.1. The number of ether oxygens (including phenoxy) is 3. The van der Waals surface area contributed by atoms with E-state index in [2.05, 4.69) is 61.1 Å². The van der Waals surface area contributed by atoms with Crippen molar-refractivity contribution in [2.45, 2.75) is 79.4 Å². The molecule has 0 saturated heterocycles. The van der Waals surface area contributed by atoms with Gasteiger partial charge in [-0.3, -0.25) is 9.59 Å². The predicted molar refractivity (Wildman–Crippen MR) is 177 cm³/mol. The molecule has 2 rings (SSSR count). The summed E-state index contributed by atoms with van der Waals surface area (Å²) in [5.41, 5.74) is 1.17. The maximum atomic E-state index is 12.1. The normalized spacial score (nSPS) is 13.0. The summed E-state index contributed by atoms with van der Waals surface area (Å²) in [6, 6.07) is 11.2. The second-order valence-electron chi connectivity index (χ2n) is 11.3. The van der Waals surface area contributed by atoms with Gasteiger partial charge in [-0.2, -0.15) is 0 Å². The molecule has 0 spiro atoms. The highest BCUT2D eigenvalue weighted by Gasteiger charge is 2.23. The quantitative estimate of drug-likeness (QED) is 0.156. The number of carbonyl (C=O) groups excluding carboxylic acids is 2. The summed E-state index contributed by atoms with van der Waals surface area (Å²) in [5, 5.41) is 10.3. The molecular formula is C30H41BrI2O6. The highest BCUT2D eigenvalue weighted by molar-refractivity contribution is 14.1. The fourth-order valence-corrected chi connectivity index (χ4v) is 4.58. The van der Waals surface area contributed by atoms with E-state index in [0.29, 0.717) is 19.4 Å². The van der Waals surface area contributed by atoms with E-state index < -0.39 is 11.2 Å². The number of phenolic OH excluding ortho intramolecular Hbond substituents is 1. The van der Waals surface area contributed by atoms with E-state index in [4.69, 9.17) is 14.2 Å². The first-order valence-electron chi connectivity index (χ1n) is 12.8. The number of alkyl halides is 1. The van der Waals surface area contributed by atoms with Crippen LogP contribution in [0.4, 0.5) is 0 Å². The van der Waals surface area contributed by atoms with Crippen LogP contribution in [-0.4, -0.2) is 40.2 Å². The maximum absolute atomic E-state index is 12.1. The second kappa shape index (κ2) is 16.4. The molecule has 0 heterocycles. The lowest BCUT2D eigenvalue weighted by molar-refractivity contribution is -0.160. The standard InChI is InChI=1S/C16H22BrIO3.C14H19IO3/c1-11(15(19)21-16(2,3)4)9-12-10-13(20-8-7-17)5-6-14(12)18;1-9(13(17)18-14(2,3)4)7-10-8-11(16)5-6-12(10)15/h5-6,10-11H,7-9H2,1-4H3;5-6,8-9,16H,7H2,1-4H3. The molecule has 0 aliphatic rings. The molecule has 2 aromatic carbocycles. The van der Waals surface area contributed by atoms with Gasteiger partial charge in [-0.25, -0.2) is 0 Å². The van der Waals surface area contributed by atoms with E-state index in [-0.39, 0.29) is 29.5 Å². The van der Waals surface area contributed by atoms with Crippen LogP contribution < -0.4 is 4.74 Å². The zero-order chi connectivity index (χ0) is 30.0. The molecule has 0 saturated carbocycles. The van der Waals surface area contributed by atoms with Crippen LogP contribution >= 0.6 is 61.1 Å². The topological polar surface area (TPSA) is 82.1 Å². The van der Waals surface area contributed by atoms with E-state index >= 15 is 0 Å². The summed E-state index contributed by atoms with van der Waals surface area (Å²) < 4.78 is 18.5. The molecule has 0 fully saturated rings. The number of carbonyl (C=O) groups is 2. The molecule has 0 aliphatic heterocycles. The maximum Gasteiger partial charge on any atom is 0.309 e. The van der Waals surface area contributed by atoms with Gasteiger partial charge in [0.05, 0.1) is 18.4 Å². The summed E-state index contributed by atoms with van der Waals surface area (Å²) in [6.07, 6.45) is 1.22. The number of hydrogen-bond acceptors (Lipinski definition) is 6. The lowest BCUT2D eigenvalue weighted by Crippen LogP contribution is -2.28. The van der Waals surface area contributed by atoms with E-state index in [0.717, 1.165) is 29.3 Å². The molecule has 0 radical (unpaired) electrons. The molecule has 0 bridgehead atoms. The van der Waals surface area contributed by atoms with Gasteiger partial charge in [-0.1, -0.05) is 29.8 Å². The van der Waals surface area contributed by atoms with Gasteiger partial charge in [0, 0.05) is 12.5 Å². The van der Waals surface area contributed by atoms with Crippen LogP contribution in [0, 0.1) is 19.0 Å². The molecule has 0 amide bonds. The van der Waals surface area contributed by atoms with Crippen molar-refractivity contribution in [3.63, 3.8) is 0 Å². The fraction of sp³-hybridized carbons (Fsp3) is 0.533. The number of aromatic hydroxyl groups is 1. The Morgan fingerprint density at radius 2 is 1.26 bits per heavy atom. The Kier molecular flexibility index (Phi) is 15.1. The molecule has 0 aliphatic carbocycles. The third kappa shape index (κ3) is 14.9. The third-order valence-corrected chi connectivity index (χ3v) is 7.49. The van der Waals surface area contributed by atoms with Crippen LogP contribution in [-0.2, 0) is 31.9 Å². The van der Waals surface area contributed by atoms with Gasteiger partial charge in [0.1, 0.15) is 22.7 Å². The van der Waals surface area contributed by atoms with Crippen LogP contribution in [0.3, 0.4) is 0 Å². The molecule has 0 aromatic heterocycles. The predicted octanol–water partition coefficient (Wildman–Crippen LogP) is 8.10. The number of benzene rings is 2. The Morgan fingerprint density at radius 1 is 0.821 bits per heavy atom. The SMILES string of the molecule is CC(Cc1cc(O)ccc1I)C(=O)OC(C)(C)C.CC(Cc1cc(OCCBr)ccc1I)C(=O)OC(C)(C)C. The number of rotatable bonds is 9. The minimum atomic E-state index is -0.461. The lowest BCUT2D eigenvalue weighted by Gasteiger charge is -2.22. The first-order valence-corrected chi connectivity index (χ1v) is 16.1. The van der Waals surface area contributed by atoms with Crippen molar-refractivity contribution in [1.82, 2.24) is 0 Å². The monoisotopic (exact) mass is 830 g/mol. The minimum absolute atomic E-state index is 0.162. The summed E-state index contributed by atoms with van der Waals surface area (Å²) >= 11 is 7.82. The molecule has 2 atom stereocenters. The molecule has 1 N–H and O–H groups in total. The molecule has 2 aromatic rings. The van der Waals surface area contributed by atoms with Gasteiger partial charge in [-0.05, 0) is 147 Å². The average Bonchev–Trinajstić information content (AvgIpc) is 2.80. The van der Waals surface area contributed by atoms with E-state index in [1.165, 1.54) is 0 Å². The van der Waals surface area contributed by atoms with Gasteiger partial charge in [-0.15, -0.1) is 0 Å². The molecule has 39 heavy (non-hydrogen) atoms. The molecular weight excluding hydrogens is 790 g/mol. The Morgan fingerprint density at radius 3 is 1.69 bits per heavy atom. The van der Waals surface area contributed by atoms with Gasteiger partial charge < -0.3 is 19.3 Å². The summed E-state index contributed by atoms with van der Waals surface area (Å²) in [6.45, 7) is 15.6. The van der Waals surface area contributed by atoms with Gasteiger partial charge >= 0.3 is 11.9 Å². The largest absolute Gasteiger partial charge is 0.508 e. The van der Waals surface area contributed by atoms with Crippen molar-refractivity contribution in [1.29, 1.82) is 0 Å². The van der Waals surface area contributed by atoms with Crippen molar-refractivity contribution in [3.8, 4) is 11.5 Å². The minimum Gasteiger partial charge on any atom is -0.508 e. The highest BCUT2D eigenvalue weighted by atomic mass is 127. The lowest BCUT2D eigenvalue weighted by atomic mass is 10.0. The number of halogens is 3. The molecule has 218 valence electrons. The summed E-state index contributed by atoms with van der Waals surface area (Å²) in [4.78, 5) is 23.9. The van der Waals surface area contributed by atoms with Crippen molar-refractivity contribution in [2.24, 2.45) is 11.8 Å². The first-order chi connectivity index (χ1) is 17.9. The molecule has 2 unspecified atom stereocenters. The van der Waals surface area contributed by atoms with Crippen molar-refractivity contribution >= 4 is 73.1 Å². The van der Waals surface area contributed by atoms with Crippen LogP contribution in [0.2, 0.25) is 0 Å². The van der Waals surface area contributed by atoms with Gasteiger partial charge in [0.25, 0.3) is 0 Å². The third-order valence-electron chi connectivity index (χ3n) is 5.06. The first kappa shape index (κ1) is 35.9. The Balaban J connectivity index is 0.000000395. The van der Waals surface area contributed by atoms with Gasteiger partial charge in [0.15, 0.2) is 0 Å². The number of esters is 2. The van der Waals surface area contributed by atoms with Crippen LogP contribution in [0.1, 0.15) is 66.5 Å². The summed E-state index contributed by atoms with van der Waals surface area (Å²) in [7, 11) is 0. The van der Waals surface area contributed by atoms with Crippen molar-refractivity contribution in [3.05, 3.63) is 54.7 Å². The number of hydrogen-bond donors (Lipinski definition) is 1. The van der Waals surface area contributed by atoms with Crippen LogP contribution in [0.5, 0.6) is 11.5 Å². The molecule has 9 heteroatoms. The van der Waals surface area contributed by atoms with Crippen LogP contribution in [0.15, 0.2) is 36.4 Å². The molecule has 6 nitrogen and oxygen atoms in total. The average molecular weight is 831 g/mol. The van der Waals surface area contributed by atoms with Crippen molar-refractivity contribution < 1.29 is 28.9 Å². The van der Waals surface area contributed by atoms with E-state index in [1.54, 1.807) is 12.1 Å². The summed E-state index contributed by atoms with van der Waals surface area (Å²) in [5.74, 6) is 0.290. The van der Waals surface area contributed by atoms with Gasteiger partial charge in [0.2, 0.25) is 0 Å². The Hall–Kier alpha value is -1.08. The van der Waals surface area contributed by atoms with E-state index in [1.807, 2.05) is 79.7 Å². The second-order valence-corrected chi connectivity index (χ2v) is 14.5. The zero-order valence-corrected chi connectivity index (χ0v) is 30.0. The number of phenols is 1. The smallest absolute Gasteiger partial charge is 0.309 e. The van der Waals surface area contributed by atoms with E-state index in [9.17, 15) is 14.7 Å². The van der Waals surface area contributed by atoms with Crippen LogP contribution in [0.25, 0.3) is 0 Å².